The number of aromatic nitrogens is 1. The van der Waals surface area contributed by atoms with Crippen molar-refractivity contribution in [1.82, 2.24) is 9.88 Å². The molecule has 28 heavy (non-hydrogen) atoms. The van der Waals surface area contributed by atoms with Crippen LogP contribution in [-0.4, -0.2) is 66.8 Å². The van der Waals surface area contributed by atoms with Gasteiger partial charge in [0.1, 0.15) is 24.1 Å². The topological polar surface area (TPSA) is 81.5 Å². The first kappa shape index (κ1) is 18.2. The van der Waals surface area contributed by atoms with Crippen molar-refractivity contribution < 1.29 is 19.0 Å². The fourth-order valence-electron chi connectivity index (χ4n) is 3.12. The number of likely N-dealkylation sites (N-methyl/N-ethyl adjacent to an activating group) is 1. The summed E-state index contributed by atoms with van der Waals surface area (Å²) in [5.41, 5.74) is 1.40. The van der Waals surface area contributed by atoms with Gasteiger partial charge >= 0.3 is 6.09 Å². The van der Waals surface area contributed by atoms with Gasteiger partial charge in [0.2, 0.25) is 0 Å². The molecule has 146 valence electrons. The van der Waals surface area contributed by atoms with Gasteiger partial charge in [-0.3, -0.25) is 4.90 Å². The second-order valence-electron chi connectivity index (χ2n) is 6.70. The van der Waals surface area contributed by atoms with Crippen LogP contribution in [0.5, 0.6) is 0 Å². The molecule has 1 fully saturated rings. The Balaban J connectivity index is 1.53. The number of carbonyl (C=O) groups is 1. The summed E-state index contributed by atoms with van der Waals surface area (Å²) in [6.07, 6.45) is 2.16. The van der Waals surface area contributed by atoms with E-state index in [-0.39, 0.29) is 13.2 Å². The lowest BCUT2D eigenvalue weighted by atomic mass is 10.1. The SMILES string of the molecule is CN1C=NN(c2ccc(-c3ccc(N4CC(CO)OC4=O)cc3F)cn2)CC1. The number of aliphatic hydroxyl groups is 1. The molecule has 1 saturated heterocycles. The Labute approximate surface area is 161 Å². The molecule has 1 aromatic heterocycles. The number of amides is 1. The Bertz CT molecular complexity index is 905. The highest BCUT2D eigenvalue weighted by Gasteiger charge is 2.32. The van der Waals surface area contributed by atoms with Crippen molar-refractivity contribution >= 4 is 23.9 Å². The number of hydrazone groups is 1. The number of halogens is 1. The molecule has 0 saturated carbocycles. The molecule has 1 atom stereocenters. The molecule has 0 bridgehead atoms. The molecule has 2 aliphatic heterocycles. The molecule has 1 unspecified atom stereocenters. The molecule has 1 amide bonds. The van der Waals surface area contributed by atoms with Crippen molar-refractivity contribution in [3.8, 4) is 11.1 Å². The summed E-state index contributed by atoms with van der Waals surface area (Å²) in [6, 6.07) is 8.14. The summed E-state index contributed by atoms with van der Waals surface area (Å²) in [5.74, 6) is 0.227. The van der Waals surface area contributed by atoms with Gasteiger partial charge in [0.15, 0.2) is 0 Å². The smallest absolute Gasteiger partial charge is 0.414 e. The van der Waals surface area contributed by atoms with E-state index < -0.39 is 18.0 Å². The van der Waals surface area contributed by atoms with Crippen LogP contribution in [0, 0.1) is 5.82 Å². The Kier molecular flexibility index (Phi) is 4.82. The molecule has 2 aliphatic rings. The van der Waals surface area contributed by atoms with Gasteiger partial charge in [0.05, 0.1) is 25.4 Å². The fourth-order valence-corrected chi connectivity index (χ4v) is 3.12. The van der Waals surface area contributed by atoms with E-state index in [0.29, 0.717) is 22.6 Å². The van der Waals surface area contributed by atoms with E-state index >= 15 is 0 Å². The highest BCUT2D eigenvalue weighted by molar-refractivity contribution is 5.90. The average Bonchev–Trinajstić information content (AvgIpc) is 3.09. The number of carbonyl (C=O) groups excluding carboxylic acids is 1. The van der Waals surface area contributed by atoms with Crippen LogP contribution in [0.2, 0.25) is 0 Å². The zero-order chi connectivity index (χ0) is 19.7. The van der Waals surface area contributed by atoms with Crippen LogP contribution < -0.4 is 9.91 Å². The number of hydrogen-bond acceptors (Lipinski definition) is 7. The van der Waals surface area contributed by atoms with Crippen molar-refractivity contribution in [3.63, 3.8) is 0 Å². The van der Waals surface area contributed by atoms with Crippen molar-refractivity contribution in [1.29, 1.82) is 0 Å². The molecule has 0 spiro atoms. The molecule has 0 aliphatic carbocycles. The number of nitrogens with zero attached hydrogens (tertiary/aromatic N) is 5. The lowest BCUT2D eigenvalue weighted by molar-refractivity contribution is 0.0963. The van der Waals surface area contributed by atoms with Gasteiger partial charge in [0, 0.05) is 30.9 Å². The van der Waals surface area contributed by atoms with Crippen molar-refractivity contribution in [2.45, 2.75) is 6.10 Å². The number of rotatable bonds is 4. The number of pyridine rings is 1. The largest absolute Gasteiger partial charge is 0.441 e. The predicted molar refractivity (Wildman–Crippen MR) is 103 cm³/mol. The molecule has 3 heterocycles. The third-order valence-corrected chi connectivity index (χ3v) is 4.72. The van der Waals surface area contributed by atoms with Crippen molar-refractivity contribution in [2.24, 2.45) is 5.10 Å². The summed E-state index contributed by atoms with van der Waals surface area (Å²) in [5, 5.41) is 15.2. The number of hydrogen-bond donors (Lipinski definition) is 1. The van der Waals surface area contributed by atoms with E-state index in [1.807, 2.05) is 11.9 Å². The number of anilines is 2. The zero-order valence-corrected chi connectivity index (χ0v) is 15.3. The van der Waals surface area contributed by atoms with E-state index in [2.05, 4.69) is 10.1 Å². The van der Waals surface area contributed by atoms with Crippen LogP contribution in [0.3, 0.4) is 0 Å². The van der Waals surface area contributed by atoms with E-state index in [0.717, 1.165) is 13.1 Å². The van der Waals surface area contributed by atoms with Gasteiger partial charge in [0.25, 0.3) is 0 Å². The van der Waals surface area contributed by atoms with Gasteiger partial charge in [-0.1, -0.05) is 0 Å². The molecule has 2 aromatic rings. The molecular formula is C19H20FN5O3. The minimum Gasteiger partial charge on any atom is -0.441 e. The minimum absolute atomic E-state index is 0.190. The van der Waals surface area contributed by atoms with Crippen LogP contribution in [0.4, 0.5) is 20.7 Å². The number of ether oxygens (including phenoxy) is 1. The van der Waals surface area contributed by atoms with Gasteiger partial charge in [-0.15, -0.1) is 0 Å². The molecule has 9 heteroatoms. The summed E-state index contributed by atoms with van der Waals surface area (Å²) in [4.78, 5) is 19.5. The van der Waals surface area contributed by atoms with E-state index in [1.165, 1.54) is 11.0 Å². The first-order chi connectivity index (χ1) is 13.5. The van der Waals surface area contributed by atoms with E-state index in [9.17, 15) is 9.18 Å². The van der Waals surface area contributed by atoms with Crippen LogP contribution in [0.25, 0.3) is 11.1 Å². The van der Waals surface area contributed by atoms with Gasteiger partial charge in [-0.25, -0.2) is 19.2 Å². The van der Waals surface area contributed by atoms with Crippen LogP contribution in [-0.2, 0) is 4.74 Å². The van der Waals surface area contributed by atoms with E-state index in [1.54, 1.807) is 41.8 Å². The monoisotopic (exact) mass is 385 g/mol. The number of aliphatic hydroxyl groups excluding tert-OH is 1. The van der Waals surface area contributed by atoms with Crippen molar-refractivity contribution in [2.75, 3.05) is 43.2 Å². The summed E-state index contributed by atoms with van der Waals surface area (Å²) < 4.78 is 19.7. The molecule has 1 aromatic carbocycles. The summed E-state index contributed by atoms with van der Waals surface area (Å²) >= 11 is 0. The van der Waals surface area contributed by atoms with Crippen LogP contribution >= 0.6 is 0 Å². The van der Waals surface area contributed by atoms with Gasteiger partial charge < -0.3 is 14.7 Å². The Morgan fingerprint density at radius 3 is 2.75 bits per heavy atom. The Morgan fingerprint density at radius 2 is 2.14 bits per heavy atom. The maximum Gasteiger partial charge on any atom is 0.414 e. The first-order valence-corrected chi connectivity index (χ1v) is 8.92. The van der Waals surface area contributed by atoms with E-state index in [4.69, 9.17) is 9.84 Å². The third kappa shape index (κ3) is 3.48. The summed E-state index contributed by atoms with van der Waals surface area (Å²) in [6.45, 7) is 1.50. The van der Waals surface area contributed by atoms with Crippen molar-refractivity contribution in [3.05, 3.63) is 42.3 Å². The Morgan fingerprint density at radius 1 is 1.29 bits per heavy atom. The third-order valence-electron chi connectivity index (χ3n) is 4.72. The second kappa shape index (κ2) is 7.43. The summed E-state index contributed by atoms with van der Waals surface area (Å²) in [7, 11) is 1.95. The quantitative estimate of drug-likeness (QED) is 0.866. The highest BCUT2D eigenvalue weighted by Crippen LogP contribution is 2.29. The molecule has 0 radical (unpaired) electrons. The zero-order valence-electron chi connectivity index (χ0n) is 15.3. The Hall–Kier alpha value is -3.20. The number of benzene rings is 1. The highest BCUT2D eigenvalue weighted by atomic mass is 19.1. The van der Waals surface area contributed by atoms with Crippen LogP contribution in [0.1, 0.15) is 0 Å². The predicted octanol–water partition coefficient (Wildman–Crippen LogP) is 1.90. The lowest BCUT2D eigenvalue weighted by Gasteiger charge is -2.26. The van der Waals surface area contributed by atoms with Crippen LogP contribution in [0.15, 0.2) is 41.6 Å². The fraction of sp³-hybridized carbons (Fsp3) is 0.316. The molecule has 8 nitrogen and oxygen atoms in total. The average molecular weight is 385 g/mol. The first-order valence-electron chi connectivity index (χ1n) is 8.92. The minimum atomic E-state index is -0.593. The normalized spacial score (nSPS) is 19.3. The number of cyclic esters (lactones) is 1. The maximum atomic E-state index is 14.7. The standard InChI is InChI=1S/C19H20FN5O3/c1-23-6-7-25(22-12-23)18-5-2-13(9-21-18)16-4-3-14(8-17(16)20)24-10-15(11-26)28-19(24)27/h2-5,8-9,12,15,26H,6-7,10-11H2,1H3. The molecular weight excluding hydrogens is 365 g/mol. The van der Waals surface area contributed by atoms with Gasteiger partial charge in [-0.2, -0.15) is 5.10 Å². The second-order valence-corrected chi connectivity index (χ2v) is 6.70. The van der Waals surface area contributed by atoms with Gasteiger partial charge in [-0.05, 0) is 30.3 Å². The molecule has 1 N–H and O–H groups in total. The molecule has 4 rings (SSSR count). The lowest BCUT2D eigenvalue weighted by Crippen LogP contribution is -2.35. The maximum absolute atomic E-state index is 14.7.